The monoisotopic (exact) mass is 621 g/mol. The summed E-state index contributed by atoms with van der Waals surface area (Å²) in [7, 11) is 2.19. The van der Waals surface area contributed by atoms with Gasteiger partial charge in [-0.05, 0) is 81.1 Å². The number of benzene rings is 2. The van der Waals surface area contributed by atoms with Crippen LogP contribution in [-0.2, 0) is 19.4 Å². The van der Waals surface area contributed by atoms with Crippen LogP contribution in [0.1, 0.15) is 47.4 Å². The van der Waals surface area contributed by atoms with E-state index in [0.717, 1.165) is 82.9 Å². The van der Waals surface area contributed by atoms with E-state index in [9.17, 15) is 0 Å². The summed E-state index contributed by atoms with van der Waals surface area (Å²) in [4.78, 5) is 27.9. The Balaban J connectivity index is 1.09. The van der Waals surface area contributed by atoms with Crippen molar-refractivity contribution in [1.82, 2.24) is 14.9 Å². The number of thiophene rings is 1. The summed E-state index contributed by atoms with van der Waals surface area (Å²) in [5.74, 6) is 1.05. The highest BCUT2D eigenvalue weighted by atomic mass is 32.1. The van der Waals surface area contributed by atoms with Crippen LogP contribution >= 0.6 is 11.3 Å². The summed E-state index contributed by atoms with van der Waals surface area (Å²) >= 11 is 1.78. The first kappa shape index (κ1) is 29.9. The number of aryl methyl sites for hydroxylation is 1. The van der Waals surface area contributed by atoms with Gasteiger partial charge in [-0.15, -0.1) is 11.3 Å². The molecule has 8 nitrogen and oxygen atoms in total. The van der Waals surface area contributed by atoms with Gasteiger partial charge < -0.3 is 19.4 Å². The first-order valence-corrected chi connectivity index (χ1v) is 17.3. The van der Waals surface area contributed by atoms with Crippen molar-refractivity contribution in [3.63, 3.8) is 0 Å². The Bertz CT molecular complexity index is 1670. The third-order valence-corrected chi connectivity index (χ3v) is 10.6. The summed E-state index contributed by atoms with van der Waals surface area (Å²) in [5, 5.41) is 4.72. The van der Waals surface area contributed by atoms with E-state index < -0.39 is 0 Å². The maximum atomic E-state index is 6.36. The molecule has 4 aromatic rings. The molecule has 0 bridgehead atoms. The maximum absolute atomic E-state index is 6.36. The van der Waals surface area contributed by atoms with Crippen LogP contribution in [0.5, 0.6) is 6.01 Å². The van der Waals surface area contributed by atoms with Gasteiger partial charge in [-0.2, -0.15) is 9.97 Å². The predicted octanol–water partition coefficient (Wildman–Crippen LogP) is 6.42. The molecule has 3 aliphatic rings. The molecule has 45 heavy (non-hydrogen) atoms. The van der Waals surface area contributed by atoms with Gasteiger partial charge in [0.25, 0.3) is 0 Å². The molecule has 234 valence electrons. The number of ether oxygens (including phenoxy) is 1. The van der Waals surface area contributed by atoms with Crippen molar-refractivity contribution in [2.45, 2.75) is 64.1 Å². The van der Waals surface area contributed by atoms with Gasteiger partial charge in [0.1, 0.15) is 12.4 Å². The molecular formula is C36H43N7OS. The van der Waals surface area contributed by atoms with Crippen molar-refractivity contribution < 1.29 is 4.74 Å². The van der Waals surface area contributed by atoms with E-state index in [0.29, 0.717) is 18.7 Å². The minimum atomic E-state index is 0.253. The lowest BCUT2D eigenvalue weighted by atomic mass is 9.99. The van der Waals surface area contributed by atoms with Crippen molar-refractivity contribution in [3.8, 4) is 6.01 Å². The summed E-state index contributed by atoms with van der Waals surface area (Å²) in [6, 6.07) is 21.6. The number of likely N-dealkylation sites (N-methyl/N-ethyl adjacent to an activating group) is 1. The third-order valence-electron chi connectivity index (χ3n) is 9.66. The van der Waals surface area contributed by atoms with E-state index in [-0.39, 0.29) is 6.04 Å². The molecule has 7 rings (SSSR count). The smallest absolute Gasteiger partial charge is 0.318 e. The van der Waals surface area contributed by atoms with Crippen LogP contribution in [0, 0.1) is 6.92 Å². The standard InChI is InChI=1S/C36H43N7OS/c1-26-7-3-8-27-9-4-12-33(34(26)27)43-21-16-31-32(23-43)39-36(44-24-29-10-5-18-41(29)2)40-35(31)42-19-14-28(15-20-42)38-25-37-17-13-30-11-6-22-45-30/h3-4,6-9,11-12,22,28-29H,5,10,13-21,23-24H2,1-2H3/t29-/m0/s1. The maximum Gasteiger partial charge on any atom is 0.318 e. The Morgan fingerprint density at radius 1 is 0.978 bits per heavy atom. The first-order valence-electron chi connectivity index (χ1n) is 16.5. The van der Waals surface area contributed by atoms with E-state index in [2.05, 4.69) is 98.6 Å². The Morgan fingerprint density at radius 2 is 1.84 bits per heavy atom. The fourth-order valence-electron chi connectivity index (χ4n) is 7.05. The molecule has 9 heteroatoms. The van der Waals surface area contributed by atoms with Gasteiger partial charge in [0, 0.05) is 53.6 Å². The average Bonchev–Trinajstić information content (AvgIpc) is 3.75. The number of piperidine rings is 1. The van der Waals surface area contributed by atoms with Gasteiger partial charge in [0.2, 0.25) is 0 Å². The summed E-state index contributed by atoms with van der Waals surface area (Å²) in [5.41, 5.74) is 4.94. The Morgan fingerprint density at radius 3 is 2.64 bits per heavy atom. The summed E-state index contributed by atoms with van der Waals surface area (Å²) in [6.45, 7) is 8.21. The highest BCUT2D eigenvalue weighted by molar-refractivity contribution is 7.09. The van der Waals surface area contributed by atoms with Crippen molar-refractivity contribution >= 4 is 39.6 Å². The molecule has 0 radical (unpaired) electrons. The molecule has 2 aromatic heterocycles. The largest absolute Gasteiger partial charge is 0.462 e. The molecule has 0 spiro atoms. The second-order valence-electron chi connectivity index (χ2n) is 12.6. The summed E-state index contributed by atoms with van der Waals surface area (Å²) < 4.78 is 6.36. The van der Waals surface area contributed by atoms with Gasteiger partial charge in [0.05, 0.1) is 30.8 Å². The van der Waals surface area contributed by atoms with Crippen LogP contribution in [0.15, 0.2) is 63.9 Å². The van der Waals surface area contributed by atoms with E-state index in [4.69, 9.17) is 14.7 Å². The molecular weight excluding hydrogens is 579 g/mol. The lowest BCUT2D eigenvalue weighted by Gasteiger charge is -2.36. The minimum absolute atomic E-state index is 0.253. The number of hydrogen-bond acceptors (Lipinski definition) is 9. The molecule has 5 heterocycles. The lowest BCUT2D eigenvalue weighted by Crippen LogP contribution is -2.39. The number of rotatable bonds is 9. The summed E-state index contributed by atoms with van der Waals surface area (Å²) in [6.07, 6.45) is 6.18. The van der Waals surface area contributed by atoms with Crippen LogP contribution in [-0.4, -0.2) is 79.3 Å². The lowest BCUT2D eigenvalue weighted by molar-refractivity contribution is 0.187. The van der Waals surface area contributed by atoms with E-state index in [1.807, 2.05) is 0 Å². The first-order chi connectivity index (χ1) is 22.1. The quantitative estimate of drug-likeness (QED) is 0.201. The topological polar surface area (TPSA) is 69.5 Å². The molecule has 0 unspecified atom stereocenters. The molecule has 0 N–H and O–H groups in total. The van der Waals surface area contributed by atoms with Gasteiger partial charge in [-0.1, -0.05) is 36.4 Å². The number of hydrogen-bond donors (Lipinski definition) is 0. The average molecular weight is 622 g/mol. The van der Waals surface area contributed by atoms with E-state index in [1.165, 1.54) is 38.9 Å². The molecule has 2 saturated heterocycles. The third kappa shape index (κ3) is 6.76. The van der Waals surface area contributed by atoms with Gasteiger partial charge in [-0.3, -0.25) is 0 Å². The number of anilines is 2. The fraction of sp³-hybridized carbons (Fsp3) is 0.472. The van der Waals surface area contributed by atoms with Crippen molar-refractivity contribution in [2.24, 2.45) is 9.98 Å². The van der Waals surface area contributed by atoms with Gasteiger partial charge in [-0.25, -0.2) is 9.98 Å². The molecule has 2 aromatic carbocycles. The zero-order valence-corrected chi connectivity index (χ0v) is 27.3. The molecule has 2 fully saturated rings. The number of nitrogens with zero attached hydrogens (tertiary/aromatic N) is 7. The van der Waals surface area contributed by atoms with E-state index >= 15 is 0 Å². The SMILES string of the molecule is Cc1cccc2cccc(N3CCc4c(nc(OC[C@@H]5CCCN5C)nc4N4CCC(N=C=NCCc5cccs5)CC4)C3)c12. The molecule has 0 amide bonds. The number of fused-ring (bicyclic) bond motifs is 2. The Hall–Kier alpha value is -3.78. The highest BCUT2D eigenvalue weighted by Gasteiger charge is 2.29. The van der Waals surface area contributed by atoms with E-state index in [1.54, 1.807) is 11.3 Å². The van der Waals surface area contributed by atoms with Crippen LogP contribution in [0.25, 0.3) is 10.8 Å². The number of aromatic nitrogens is 2. The van der Waals surface area contributed by atoms with Crippen molar-refractivity contribution in [3.05, 3.63) is 75.6 Å². The van der Waals surface area contributed by atoms with Crippen LogP contribution in [0.4, 0.5) is 11.5 Å². The minimum Gasteiger partial charge on any atom is -0.462 e. The zero-order chi connectivity index (χ0) is 30.6. The van der Waals surface area contributed by atoms with Gasteiger partial charge in [0.15, 0.2) is 0 Å². The van der Waals surface area contributed by atoms with Crippen LogP contribution in [0.3, 0.4) is 0 Å². The number of likely N-dealkylation sites (tertiary alicyclic amines) is 1. The normalized spacial score (nSPS) is 19.0. The molecule has 1 atom stereocenters. The zero-order valence-electron chi connectivity index (χ0n) is 26.5. The predicted molar refractivity (Wildman–Crippen MR) is 185 cm³/mol. The number of aliphatic imine (C=N–C) groups is 2. The molecule has 0 saturated carbocycles. The highest BCUT2D eigenvalue weighted by Crippen LogP contribution is 2.36. The van der Waals surface area contributed by atoms with Crippen LogP contribution in [0.2, 0.25) is 0 Å². The van der Waals surface area contributed by atoms with Crippen molar-refractivity contribution in [2.75, 3.05) is 56.2 Å². The molecule has 3 aliphatic heterocycles. The molecule has 0 aliphatic carbocycles. The fourth-order valence-corrected chi connectivity index (χ4v) is 7.75. The van der Waals surface area contributed by atoms with Gasteiger partial charge >= 0.3 is 6.01 Å². The Labute approximate surface area is 270 Å². The second-order valence-corrected chi connectivity index (χ2v) is 13.7. The Kier molecular flexibility index (Phi) is 9.10. The van der Waals surface area contributed by atoms with Crippen molar-refractivity contribution in [1.29, 1.82) is 0 Å². The van der Waals surface area contributed by atoms with Crippen LogP contribution < -0.4 is 14.5 Å². The second kappa shape index (κ2) is 13.7.